The third-order valence-corrected chi connectivity index (χ3v) is 3.70. The van der Waals surface area contributed by atoms with Crippen LogP contribution in [0.25, 0.3) is 0 Å². The molecule has 0 saturated heterocycles. The highest BCUT2D eigenvalue weighted by atomic mass is 32.2. The molecule has 82 valence electrons. The van der Waals surface area contributed by atoms with Crippen molar-refractivity contribution < 1.29 is 9.90 Å². The maximum Gasteiger partial charge on any atom is 0.251 e. The third kappa shape index (κ3) is 3.17. The Morgan fingerprint density at radius 1 is 1.50 bits per heavy atom. The Morgan fingerprint density at radius 3 is 2.57 bits per heavy atom. The van der Waals surface area contributed by atoms with Crippen LogP contribution in [0.3, 0.4) is 0 Å². The molecule has 1 rings (SSSR count). The first-order valence-electron chi connectivity index (χ1n) is 4.99. The molecule has 0 aromatic rings. The van der Waals surface area contributed by atoms with Crippen molar-refractivity contribution in [3.63, 3.8) is 0 Å². The first-order chi connectivity index (χ1) is 6.43. The van der Waals surface area contributed by atoms with E-state index in [4.69, 9.17) is 0 Å². The van der Waals surface area contributed by atoms with Crippen molar-refractivity contribution in [2.45, 2.75) is 50.0 Å². The first-order valence-corrected chi connectivity index (χ1v) is 6.28. The number of aliphatic hydroxyl groups is 1. The maximum absolute atomic E-state index is 11.4. The SMILES string of the molecule is CSC1CCC(NC(=O)C(C)(C)O)C1. The van der Waals surface area contributed by atoms with Gasteiger partial charge in [-0.1, -0.05) is 0 Å². The molecule has 0 spiro atoms. The molecule has 1 saturated carbocycles. The number of amides is 1. The normalized spacial score (nSPS) is 27.7. The molecule has 1 amide bonds. The minimum absolute atomic E-state index is 0.256. The monoisotopic (exact) mass is 217 g/mol. The Morgan fingerprint density at radius 2 is 2.14 bits per heavy atom. The number of carbonyl (C=O) groups is 1. The van der Waals surface area contributed by atoms with Gasteiger partial charge in [0.15, 0.2) is 0 Å². The summed E-state index contributed by atoms with van der Waals surface area (Å²) in [4.78, 5) is 11.4. The van der Waals surface area contributed by atoms with Gasteiger partial charge in [0.2, 0.25) is 0 Å². The summed E-state index contributed by atoms with van der Waals surface area (Å²) in [6.45, 7) is 3.03. The average Bonchev–Trinajstić information content (AvgIpc) is 2.50. The van der Waals surface area contributed by atoms with Crippen molar-refractivity contribution in [2.24, 2.45) is 0 Å². The predicted molar refractivity (Wildman–Crippen MR) is 59.4 cm³/mol. The highest BCUT2D eigenvalue weighted by Gasteiger charge is 2.30. The van der Waals surface area contributed by atoms with Crippen molar-refractivity contribution in [3.05, 3.63) is 0 Å². The van der Waals surface area contributed by atoms with Crippen molar-refractivity contribution in [3.8, 4) is 0 Å². The van der Waals surface area contributed by atoms with Gasteiger partial charge in [-0.05, 0) is 39.4 Å². The number of thioether (sulfide) groups is 1. The van der Waals surface area contributed by atoms with Crippen LogP contribution in [-0.4, -0.2) is 34.2 Å². The Balaban J connectivity index is 2.36. The van der Waals surface area contributed by atoms with Gasteiger partial charge in [-0.3, -0.25) is 4.79 Å². The second-order valence-corrected chi connectivity index (χ2v) is 5.54. The lowest BCUT2D eigenvalue weighted by atomic mass is 10.1. The van der Waals surface area contributed by atoms with E-state index in [1.807, 2.05) is 11.8 Å². The van der Waals surface area contributed by atoms with Crippen LogP contribution in [0.15, 0.2) is 0 Å². The molecule has 4 heteroatoms. The van der Waals surface area contributed by atoms with Crippen LogP contribution < -0.4 is 5.32 Å². The van der Waals surface area contributed by atoms with Gasteiger partial charge in [-0.15, -0.1) is 0 Å². The Bertz CT molecular complexity index is 213. The summed E-state index contributed by atoms with van der Waals surface area (Å²) in [5, 5.41) is 13.0. The zero-order chi connectivity index (χ0) is 10.8. The van der Waals surface area contributed by atoms with Crippen molar-refractivity contribution in [1.82, 2.24) is 5.32 Å². The van der Waals surface area contributed by atoms with E-state index in [2.05, 4.69) is 11.6 Å². The van der Waals surface area contributed by atoms with Crippen LogP contribution in [0, 0.1) is 0 Å². The van der Waals surface area contributed by atoms with E-state index in [1.165, 1.54) is 13.8 Å². The molecule has 2 N–H and O–H groups in total. The first kappa shape index (κ1) is 11.9. The van der Waals surface area contributed by atoms with Crippen LogP contribution in [-0.2, 0) is 4.79 Å². The molecule has 2 atom stereocenters. The summed E-state index contributed by atoms with van der Waals surface area (Å²) in [6.07, 6.45) is 5.33. The largest absolute Gasteiger partial charge is 0.381 e. The van der Waals surface area contributed by atoms with Crippen molar-refractivity contribution in [2.75, 3.05) is 6.26 Å². The van der Waals surface area contributed by atoms with Crippen molar-refractivity contribution >= 4 is 17.7 Å². The molecule has 0 radical (unpaired) electrons. The number of rotatable bonds is 3. The molecule has 0 aliphatic heterocycles. The lowest BCUT2D eigenvalue weighted by Gasteiger charge is -2.20. The lowest BCUT2D eigenvalue weighted by Crippen LogP contribution is -2.46. The van der Waals surface area contributed by atoms with Gasteiger partial charge >= 0.3 is 0 Å². The lowest BCUT2D eigenvalue weighted by molar-refractivity contribution is -0.137. The molecule has 0 heterocycles. The van der Waals surface area contributed by atoms with Gasteiger partial charge < -0.3 is 10.4 Å². The molecule has 2 unspecified atom stereocenters. The van der Waals surface area contributed by atoms with E-state index in [9.17, 15) is 9.90 Å². The van der Waals surface area contributed by atoms with Crippen LogP contribution in [0.4, 0.5) is 0 Å². The van der Waals surface area contributed by atoms with E-state index >= 15 is 0 Å². The highest BCUT2D eigenvalue weighted by molar-refractivity contribution is 7.99. The van der Waals surface area contributed by atoms with E-state index in [0.29, 0.717) is 5.25 Å². The van der Waals surface area contributed by atoms with Gasteiger partial charge in [0.25, 0.3) is 5.91 Å². The number of hydrogen-bond acceptors (Lipinski definition) is 3. The minimum Gasteiger partial charge on any atom is -0.381 e. The van der Waals surface area contributed by atoms with Crippen LogP contribution >= 0.6 is 11.8 Å². The van der Waals surface area contributed by atoms with E-state index < -0.39 is 5.60 Å². The van der Waals surface area contributed by atoms with Gasteiger partial charge in [0, 0.05) is 11.3 Å². The highest BCUT2D eigenvalue weighted by Crippen LogP contribution is 2.28. The third-order valence-electron chi connectivity index (χ3n) is 2.61. The van der Waals surface area contributed by atoms with E-state index in [0.717, 1.165) is 19.3 Å². The number of hydrogen-bond donors (Lipinski definition) is 2. The molecule has 1 aliphatic rings. The van der Waals surface area contributed by atoms with Crippen LogP contribution in [0.1, 0.15) is 33.1 Å². The molecule has 1 aliphatic carbocycles. The number of carbonyl (C=O) groups excluding carboxylic acids is 1. The summed E-state index contributed by atoms with van der Waals surface area (Å²) < 4.78 is 0. The fourth-order valence-electron chi connectivity index (χ4n) is 1.65. The summed E-state index contributed by atoms with van der Waals surface area (Å²) in [5.74, 6) is -0.260. The summed E-state index contributed by atoms with van der Waals surface area (Å²) in [7, 11) is 0. The van der Waals surface area contributed by atoms with Gasteiger partial charge in [-0.25, -0.2) is 0 Å². The molecule has 3 nitrogen and oxygen atoms in total. The Kier molecular flexibility index (Phi) is 3.84. The predicted octanol–water partition coefficient (Wildman–Crippen LogP) is 1.16. The molecule has 0 aromatic carbocycles. The topological polar surface area (TPSA) is 49.3 Å². The quantitative estimate of drug-likeness (QED) is 0.746. The maximum atomic E-state index is 11.4. The molecule has 14 heavy (non-hydrogen) atoms. The summed E-state index contributed by atoms with van der Waals surface area (Å²) >= 11 is 1.86. The Hall–Kier alpha value is -0.220. The second kappa shape index (κ2) is 4.53. The molecule has 0 bridgehead atoms. The van der Waals surface area contributed by atoms with E-state index in [-0.39, 0.29) is 11.9 Å². The Labute approximate surface area is 89.6 Å². The smallest absolute Gasteiger partial charge is 0.251 e. The minimum atomic E-state index is -1.25. The molecular weight excluding hydrogens is 198 g/mol. The summed E-state index contributed by atoms with van der Waals surface area (Å²) in [6, 6.07) is 0.256. The molecule has 1 fully saturated rings. The number of nitrogens with one attached hydrogen (secondary N) is 1. The van der Waals surface area contributed by atoms with E-state index in [1.54, 1.807) is 0 Å². The standard InChI is InChI=1S/C10H19NO2S/c1-10(2,13)9(12)11-7-4-5-8(6-7)14-3/h7-8,13H,4-6H2,1-3H3,(H,11,12). The second-order valence-electron chi connectivity index (χ2n) is 4.40. The fraction of sp³-hybridized carbons (Fsp3) is 0.900. The fourth-order valence-corrected chi connectivity index (χ4v) is 2.44. The van der Waals surface area contributed by atoms with Gasteiger partial charge in [0.05, 0.1) is 0 Å². The average molecular weight is 217 g/mol. The van der Waals surface area contributed by atoms with Gasteiger partial charge in [0.1, 0.15) is 5.60 Å². The molecule has 0 aromatic heterocycles. The van der Waals surface area contributed by atoms with Crippen molar-refractivity contribution in [1.29, 1.82) is 0 Å². The zero-order valence-electron chi connectivity index (χ0n) is 9.04. The van der Waals surface area contributed by atoms with Crippen LogP contribution in [0.5, 0.6) is 0 Å². The zero-order valence-corrected chi connectivity index (χ0v) is 9.86. The van der Waals surface area contributed by atoms with Gasteiger partial charge in [-0.2, -0.15) is 11.8 Å². The summed E-state index contributed by atoms with van der Waals surface area (Å²) in [5.41, 5.74) is -1.25. The molecular formula is C10H19NO2S. The van der Waals surface area contributed by atoms with Crippen LogP contribution in [0.2, 0.25) is 0 Å².